The Balaban J connectivity index is 3.27. The largest absolute Gasteiger partial charge is 0.391 e. The number of hydrogen-bond acceptors (Lipinski definition) is 12. The van der Waals surface area contributed by atoms with Crippen LogP contribution < -0.4 is 48.3 Å². The summed E-state index contributed by atoms with van der Waals surface area (Å²) in [4.78, 5) is 147. The predicted octanol–water partition coefficient (Wildman–Crippen LogP) is -2.19. The minimum absolute atomic E-state index is 0.0653. The fourth-order valence-corrected chi connectivity index (χ4v) is 7.29. The van der Waals surface area contributed by atoms with E-state index in [1.807, 2.05) is 0 Å². The molecule has 0 aromatic carbocycles. The van der Waals surface area contributed by atoms with E-state index >= 15 is 0 Å². The van der Waals surface area contributed by atoms with Crippen LogP contribution in [0.1, 0.15) is 121 Å². The first-order chi connectivity index (χ1) is 31.8. The van der Waals surface area contributed by atoms with Crippen LogP contribution in [-0.2, 0) is 52.7 Å². The Kier molecular flexibility index (Phi) is 26.4. The second kappa shape index (κ2) is 29.8. The van der Waals surface area contributed by atoms with Crippen LogP contribution in [0.4, 0.5) is 0 Å². The Labute approximate surface area is 400 Å². The van der Waals surface area contributed by atoms with Crippen LogP contribution in [0.2, 0.25) is 0 Å². The highest BCUT2D eigenvalue weighted by Crippen LogP contribution is 2.21. The van der Waals surface area contributed by atoms with E-state index in [0.29, 0.717) is 38.6 Å². The zero-order chi connectivity index (χ0) is 52.0. The molecule has 386 valence electrons. The van der Waals surface area contributed by atoms with Crippen molar-refractivity contribution in [2.24, 2.45) is 23.5 Å². The van der Waals surface area contributed by atoms with Gasteiger partial charge in [0.25, 0.3) is 0 Å². The number of primary amides is 1. The molecule has 1 heterocycles. The van der Waals surface area contributed by atoms with Gasteiger partial charge in [-0.1, -0.05) is 67.7 Å². The lowest BCUT2D eigenvalue weighted by Gasteiger charge is -2.32. The van der Waals surface area contributed by atoms with Gasteiger partial charge in [0.15, 0.2) is 0 Å². The molecule has 0 aromatic heterocycles. The molecule has 1 aliphatic rings. The van der Waals surface area contributed by atoms with Gasteiger partial charge in [-0.3, -0.25) is 52.7 Å². The van der Waals surface area contributed by atoms with Crippen molar-refractivity contribution in [2.45, 2.75) is 169 Å². The molecule has 0 spiro atoms. The van der Waals surface area contributed by atoms with E-state index in [2.05, 4.69) is 42.5 Å². The van der Waals surface area contributed by atoms with Crippen molar-refractivity contribution in [3.05, 3.63) is 0 Å². The zero-order valence-electron chi connectivity index (χ0n) is 41.7. The Bertz CT molecular complexity index is 1780. The van der Waals surface area contributed by atoms with Crippen LogP contribution in [-0.4, -0.2) is 162 Å². The Morgan fingerprint density at radius 3 is 1.68 bits per heavy atom. The van der Waals surface area contributed by atoms with Gasteiger partial charge < -0.3 is 63.2 Å². The Morgan fingerprint density at radius 1 is 0.662 bits per heavy atom. The quantitative estimate of drug-likeness (QED) is 0.0383. The van der Waals surface area contributed by atoms with Gasteiger partial charge in [0.2, 0.25) is 65.0 Å². The second-order valence-electron chi connectivity index (χ2n) is 17.9. The Morgan fingerprint density at radius 2 is 1.18 bits per heavy atom. The fourth-order valence-electron chi connectivity index (χ4n) is 7.29. The number of likely N-dealkylation sites (N-methyl/N-ethyl adjacent to an activating group) is 2. The van der Waals surface area contributed by atoms with Crippen molar-refractivity contribution < 1.29 is 57.8 Å². The van der Waals surface area contributed by atoms with Crippen LogP contribution >= 0.6 is 0 Å². The van der Waals surface area contributed by atoms with Crippen molar-refractivity contribution in [1.29, 1.82) is 0 Å². The first-order valence-corrected chi connectivity index (χ1v) is 23.7. The summed E-state index contributed by atoms with van der Waals surface area (Å²) < 4.78 is 0. The molecule has 23 heteroatoms. The predicted molar refractivity (Wildman–Crippen MR) is 250 cm³/mol. The summed E-state index contributed by atoms with van der Waals surface area (Å²) in [5.41, 5.74) is 5.41. The maximum atomic E-state index is 14.0. The fraction of sp³-hybridized carbons (Fsp3) is 0.756. The number of amides is 11. The van der Waals surface area contributed by atoms with E-state index in [1.165, 1.54) is 25.8 Å². The van der Waals surface area contributed by atoms with Gasteiger partial charge in [-0.05, 0) is 57.3 Å². The third-order valence-electron chi connectivity index (χ3n) is 12.0. The summed E-state index contributed by atoms with van der Waals surface area (Å²) in [7, 11) is 1.42. The van der Waals surface area contributed by atoms with Gasteiger partial charge in [-0.15, -0.1) is 0 Å². The lowest BCUT2D eigenvalue weighted by molar-refractivity contribution is -0.142. The number of rotatable bonds is 29. The van der Waals surface area contributed by atoms with Crippen LogP contribution in [0.3, 0.4) is 0 Å². The highest BCUT2D eigenvalue weighted by atomic mass is 16.3. The maximum absolute atomic E-state index is 14.0. The molecule has 1 aliphatic heterocycles. The van der Waals surface area contributed by atoms with Gasteiger partial charge in [-0.25, -0.2) is 0 Å². The number of carbonyl (C=O) groups excluding carboxylic acids is 11. The summed E-state index contributed by atoms with van der Waals surface area (Å²) >= 11 is 0. The van der Waals surface area contributed by atoms with Crippen LogP contribution in [0, 0.1) is 17.8 Å². The molecule has 68 heavy (non-hydrogen) atoms. The minimum Gasteiger partial charge on any atom is -0.391 e. The van der Waals surface area contributed by atoms with Gasteiger partial charge in [0, 0.05) is 33.5 Å². The normalized spacial score (nSPS) is 17.3. The molecule has 10 atom stereocenters. The minimum atomic E-state index is -1.64. The molecule has 0 aromatic rings. The van der Waals surface area contributed by atoms with E-state index in [-0.39, 0.29) is 44.2 Å². The van der Waals surface area contributed by atoms with Crippen molar-refractivity contribution in [1.82, 2.24) is 52.3 Å². The zero-order valence-corrected chi connectivity index (χ0v) is 41.7. The highest BCUT2D eigenvalue weighted by molar-refractivity contribution is 5.98. The molecule has 0 radical (unpaired) electrons. The van der Waals surface area contributed by atoms with E-state index in [0.717, 1.165) is 4.90 Å². The van der Waals surface area contributed by atoms with Crippen molar-refractivity contribution in [3.8, 4) is 0 Å². The average Bonchev–Trinajstić information content (AvgIpc) is 3.78. The monoisotopic (exact) mass is 966 g/mol. The molecule has 0 aliphatic carbocycles. The Hall–Kier alpha value is -5.87. The molecular weight excluding hydrogens is 887 g/mol. The molecule has 11 N–H and O–H groups in total. The first kappa shape index (κ1) is 60.1. The van der Waals surface area contributed by atoms with E-state index < -0.39 is 126 Å². The number of likely N-dealkylation sites (tertiary alicyclic amines) is 1. The summed E-state index contributed by atoms with van der Waals surface area (Å²) in [6.07, 6.45) is 0.227. The van der Waals surface area contributed by atoms with Gasteiger partial charge in [-0.2, -0.15) is 0 Å². The molecule has 1 rings (SSSR count). The molecule has 0 unspecified atom stereocenters. The van der Waals surface area contributed by atoms with Crippen LogP contribution in [0.5, 0.6) is 0 Å². The summed E-state index contributed by atoms with van der Waals surface area (Å²) in [6, 6.07) is -8.62. The number of nitrogens with zero attached hydrogens (tertiary/aromatic N) is 2. The van der Waals surface area contributed by atoms with E-state index in [9.17, 15) is 57.8 Å². The summed E-state index contributed by atoms with van der Waals surface area (Å²) in [5.74, 6) is -8.89. The standard InChI is InChI=1S/C45H79N11O12/c1-12-17-29(39(62)52-36(25(7)13-2)42(65)50-30(19-20-32(46)59)45(68)56-21-16-18-31(56)40(63)47-15-4)49-44(67)38(27(9)57)54-43(66)37(26(8)14-3)53-41(64)35(24(5)6)51-33(60)22-48-34(61)23-55(11)28(10)58/h24-27,29-31,35-38,57H,12-23H2,1-11H3,(H2,46,59)(H,47,63)(H,48,61)(H,49,67)(H,50,65)(H,51,60)(H,52,62)(H,53,64)(H,54,66)/t25-,26-,27+,29-,30-,31-,35-,36-,37+,38-/m0/s1. The molecule has 11 amide bonds. The summed E-state index contributed by atoms with van der Waals surface area (Å²) in [6.45, 7) is 16.1. The third-order valence-corrected chi connectivity index (χ3v) is 12.0. The van der Waals surface area contributed by atoms with Gasteiger partial charge in [0.05, 0.1) is 19.2 Å². The molecule has 0 bridgehead atoms. The van der Waals surface area contributed by atoms with Crippen LogP contribution in [0.25, 0.3) is 0 Å². The molecular formula is C45H79N11O12. The van der Waals surface area contributed by atoms with E-state index in [4.69, 9.17) is 5.73 Å². The summed E-state index contributed by atoms with van der Waals surface area (Å²) in [5, 5.41) is 31.5. The number of aliphatic hydroxyl groups excluding tert-OH is 1. The smallest absolute Gasteiger partial charge is 0.245 e. The number of carbonyl (C=O) groups is 11. The van der Waals surface area contributed by atoms with Crippen LogP contribution in [0.15, 0.2) is 0 Å². The topological polar surface area (TPSA) is 337 Å². The SMILES string of the molecule is CCC[C@H](NC(=O)[C@@H](NC(=O)[C@H](NC(=O)[C@@H](NC(=O)CNC(=O)CN(C)C(C)=O)C(C)C)[C@@H](C)CC)[C@@H](C)O)C(=O)N[C@H](C(=O)N[C@@H](CCC(N)=O)C(=O)N1CCC[C@H]1C(=O)NCC)[C@@H](C)CC. The first-order valence-electron chi connectivity index (χ1n) is 23.7. The number of nitrogens with two attached hydrogens (primary N) is 1. The third kappa shape index (κ3) is 19.4. The van der Waals surface area contributed by atoms with Crippen molar-refractivity contribution in [2.75, 3.05) is 33.2 Å². The maximum Gasteiger partial charge on any atom is 0.245 e. The molecule has 0 saturated carbocycles. The van der Waals surface area contributed by atoms with Gasteiger partial charge in [0.1, 0.15) is 42.3 Å². The average molecular weight is 966 g/mol. The molecule has 23 nitrogen and oxygen atoms in total. The number of nitrogens with one attached hydrogen (secondary N) is 8. The van der Waals surface area contributed by atoms with E-state index in [1.54, 1.807) is 55.4 Å². The second-order valence-corrected chi connectivity index (χ2v) is 17.9. The van der Waals surface area contributed by atoms with Crippen molar-refractivity contribution >= 4 is 65.0 Å². The number of hydrogen-bond donors (Lipinski definition) is 10. The van der Waals surface area contributed by atoms with Gasteiger partial charge >= 0.3 is 0 Å². The van der Waals surface area contributed by atoms with Crippen molar-refractivity contribution in [3.63, 3.8) is 0 Å². The lowest BCUT2D eigenvalue weighted by Crippen LogP contribution is -2.63. The molecule has 1 fully saturated rings. The lowest BCUT2D eigenvalue weighted by atomic mass is 9.95. The number of aliphatic hydroxyl groups is 1. The highest BCUT2D eigenvalue weighted by Gasteiger charge is 2.40. The molecule has 1 saturated heterocycles.